The fourth-order valence-corrected chi connectivity index (χ4v) is 2.57. The molecule has 0 heterocycles. The summed E-state index contributed by atoms with van der Waals surface area (Å²) in [4.78, 5) is 23.8. The highest BCUT2D eigenvalue weighted by atomic mass is 32.2. The summed E-state index contributed by atoms with van der Waals surface area (Å²) in [5.74, 6) is 1.26. The molecule has 0 bridgehead atoms. The maximum absolute atomic E-state index is 12.0. The van der Waals surface area contributed by atoms with Crippen molar-refractivity contribution in [2.45, 2.75) is 19.8 Å². The van der Waals surface area contributed by atoms with Crippen molar-refractivity contribution in [1.82, 2.24) is 0 Å². The van der Waals surface area contributed by atoms with Gasteiger partial charge in [-0.1, -0.05) is 13.3 Å². The Hall–Kier alpha value is -1.49. The van der Waals surface area contributed by atoms with Crippen molar-refractivity contribution >= 4 is 23.3 Å². The highest BCUT2D eigenvalue weighted by Crippen LogP contribution is 2.27. The molecular formula is C15H20O4S. The molecule has 0 aliphatic rings. The third-order valence-electron chi connectivity index (χ3n) is 2.77. The van der Waals surface area contributed by atoms with Crippen LogP contribution in [0, 0.1) is 0 Å². The van der Waals surface area contributed by atoms with E-state index in [1.54, 1.807) is 12.1 Å². The van der Waals surface area contributed by atoms with Crippen molar-refractivity contribution in [1.29, 1.82) is 0 Å². The van der Waals surface area contributed by atoms with E-state index in [9.17, 15) is 9.59 Å². The lowest BCUT2D eigenvalue weighted by atomic mass is 10.1. The Labute approximate surface area is 123 Å². The van der Waals surface area contributed by atoms with E-state index in [0.29, 0.717) is 17.1 Å². The zero-order valence-corrected chi connectivity index (χ0v) is 12.9. The minimum absolute atomic E-state index is 0.229. The lowest BCUT2D eigenvalue weighted by molar-refractivity contribution is -0.112. The highest BCUT2D eigenvalue weighted by Gasteiger charge is 2.18. The molecule has 0 saturated heterocycles. The molecule has 110 valence electrons. The summed E-state index contributed by atoms with van der Waals surface area (Å²) in [5.41, 5.74) is 0.337. The Bertz CT molecular complexity index is 471. The Morgan fingerprint density at radius 2 is 1.85 bits per heavy atom. The number of hydrogen-bond acceptors (Lipinski definition) is 5. The molecule has 5 heteroatoms. The first kappa shape index (κ1) is 16.6. The second kappa shape index (κ2) is 8.64. The molecule has 0 N–H and O–H groups in total. The molecule has 20 heavy (non-hydrogen) atoms. The molecule has 1 aromatic carbocycles. The van der Waals surface area contributed by atoms with Gasteiger partial charge < -0.3 is 9.47 Å². The first-order valence-electron chi connectivity index (χ1n) is 6.51. The average Bonchev–Trinajstić information content (AvgIpc) is 2.49. The van der Waals surface area contributed by atoms with Crippen LogP contribution < -0.4 is 9.47 Å². The number of carbonyl (C=O) groups excluding carboxylic acids is 2. The van der Waals surface area contributed by atoms with Crippen LogP contribution in [-0.2, 0) is 4.79 Å². The summed E-state index contributed by atoms with van der Waals surface area (Å²) in [6.07, 6.45) is 2.15. The quantitative estimate of drug-likeness (QED) is 0.398. The number of thioether (sulfide) groups is 1. The standard InChI is InChI=1S/C15H20O4S/c1-4-5-8-20-10-12(16)15(17)11-6-7-13(18-2)14(9-11)19-3/h6-7,9H,4-5,8,10H2,1-3H3. The van der Waals surface area contributed by atoms with E-state index in [0.717, 1.165) is 18.6 Å². The van der Waals surface area contributed by atoms with Gasteiger partial charge in [-0.3, -0.25) is 9.59 Å². The topological polar surface area (TPSA) is 52.6 Å². The van der Waals surface area contributed by atoms with Crippen molar-refractivity contribution in [3.05, 3.63) is 23.8 Å². The normalized spacial score (nSPS) is 10.2. The van der Waals surface area contributed by atoms with Crippen molar-refractivity contribution in [3.63, 3.8) is 0 Å². The van der Waals surface area contributed by atoms with Gasteiger partial charge in [-0.05, 0) is 30.4 Å². The average molecular weight is 296 g/mol. The molecule has 0 unspecified atom stereocenters. The van der Waals surface area contributed by atoms with E-state index in [1.165, 1.54) is 32.0 Å². The zero-order chi connectivity index (χ0) is 15.0. The fraction of sp³-hybridized carbons (Fsp3) is 0.467. The van der Waals surface area contributed by atoms with Crippen LogP contribution in [0.3, 0.4) is 0 Å². The predicted molar refractivity (Wildman–Crippen MR) is 81.1 cm³/mol. The minimum atomic E-state index is -0.477. The molecule has 0 atom stereocenters. The Morgan fingerprint density at radius 1 is 1.15 bits per heavy atom. The third-order valence-corrected chi connectivity index (χ3v) is 3.82. The summed E-state index contributed by atoms with van der Waals surface area (Å²) in [5, 5.41) is 0. The van der Waals surface area contributed by atoms with E-state index in [2.05, 4.69) is 6.92 Å². The number of methoxy groups -OCH3 is 2. The van der Waals surface area contributed by atoms with Crippen LogP contribution in [0.5, 0.6) is 11.5 Å². The molecule has 0 fully saturated rings. The van der Waals surface area contributed by atoms with Crippen LogP contribution in [0.4, 0.5) is 0 Å². The minimum Gasteiger partial charge on any atom is -0.493 e. The van der Waals surface area contributed by atoms with Gasteiger partial charge in [0.2, 0.25) is 11.6 Å². The van der Waals surface area contributed by atoms with Crippen LogP contribution >= 0.6 is 11.8 Å². The monoisotopic (exact) mass is 296 g/mol. The molecule has 0 spiro atoms. The molecular weight excluding hydrogens is 276 g/mol. The molecule has 0 aliphatic heterocycles. The van der Waals surface area contributed by atoms with Crippen LogP contribution in [0.25, 0.3) is 0 Å². The van der Waals surface area contributed by atoms with Crippen molar-refractivity contribution in [2.75, 3.05) is 25.7 Å². The van der Waals surface area contributed by atoms with Crippen LogP contribution in [0.1, 0.15) is 30.1 Å². The molecule has 0 aromatic heterocycles. The van der Waals surface area contributed by atoms with E-state index in [1.807, 2.05) is 0 Å². The molecule has 0 aliphatic carbocycles. The lowest BCUT2D eigenvalue weighted by Gasteiger charge is -2.08. The molecule has 0 saturated carbocycles. The summed E-state index contributed by atoms with van der Waals surface area (Å²) in [6.45, 7) is 2.09. The highest BCUT2D eigenvalue weighted by molar-refractivity contribution is 8.00. The number of ether oxygens (including phenoxy) is 2. The van der Waals surface area contributed by atoms with E-state index in [-0.39, 0.29) is 11.5 Å². The van der Waals surface area contributed by atoms with Crippen molar-refractivity contribution in [2.24, 2.45) is 0 Å². The number of benzene rings is 1. The van der Waals surface area contributed by atoms with Crippen molar-refractivity contribution in [3.8, 4) is 11.5 Å². The van der Waals surface area contributed by atoms with Gasteiger partial charge in [0, 0.05) is 5.56 Å². The SMILES string of the molecule is CCCCSCC(=O)C(=O)c1ccc(OC)c(OC)c1. The molecule has 1 aromatic rings. The van der Waals surface area contributed by atoms with Crippen LogP contribution in [0.15, 0.2) is 18.2 Å². The molecule has 4 nitrogen and oxygen atoms in total. The van der Waals surface area contributed by atoms with E-state index >= 15 is 0 Å². The van der Waals surface area contributed by atoms with Gasteiger partial charge in [0.25, 0.3) is 0 Å². The summed E-state index contributed by atoms with van der Waals surface area (Å²) < 4.78 is 10.2. The van der Waals surface area contributed by atoms with Gasteiger partial charge in [0.15, 0.2) is 11.5 Å². The lowest BCUT2D eigenvalue weighted by Crippen LogP contribution is -2.16. The zero-order valence-electron chi connectivity index (χ0n) is 12.1. The number of hydrogen-bond donors (Lipinski definition) is 0. The summed E-state index contributed by atoms with van der Waals surface area (Å²) in [6, 6.07) is 4.75. The van der Waals surface area contributed by atoms with Gasteiger partial charge >= 0.3 is 0 Å². The van der Waals surface area contributed by atoms with E-state index in [4.69, 9.17) is 9.47 Å². The smallest absolute Gasteiger partial charge is 0.229 e. The van der Waals surface area contributed by atoms with Crippen LogP contribution in [0.2, 0.25) is 0 Å². The number of unbranched alkanes of at least 4 members (excludes halogenated alkanes) is 1. The second-order valence-electron chi connectivity index (χ2n) is 4.23. The first-order valence-corrected chi connectivity index (χ1v) is 7.66. The maximum Gasteiger partial charge on any atom is 0.229 e. The Morgan fingerprint density at radius 3 is 2.45 bits per heavy atom. The number of ketones is 2. The van der Waals surface area contributed by atoms with Gasteiger partial charge in [-0.2, -0.15) is 11.8 Å². The van der Waals surface area contributed by atoms with Crippen molar-refractivity contribution < 1.29 is 19.1 Å². The number of Topliss-reactive ketones (excluding diaryl/α,β-unsaturated/α-hetero) is 2. The predicted octanol–water partition coefficient (Wildman–Crippen LogP) is 2.99. The summed E-state index contributed by atoms with van der Waals surface area (Å²) >= 11 is 1.50. The van der Waals surface area contributed by atoms with Gasteiger partial charge in [0.05, 0.1) is 20.0 Å². The van der Waals surface area contributed by atoms with Gasteiger partial charge in [0.1, 0.15) is 0 Å². The maximum atomic E-state index is 12.0. The molecule has 0 amide bonds. The third kappa shape index (κ3) is 4.56. The first-order chi connectivity index (χ1) is 9.63. The Balaban J connectivity index is 2.69. The fourth-order valence-electron chi connectivity index (χ4n) is 1.62. The largest absolute Gasteiger partial charge is 0.493 e. The molecule has 1 rings (SSSR count). The van der Waals surface area contributed by atoms with Gasteiger partial charge in [-0.25, -0.2) is 0 Å². The van der Waals surface area contributed by atoms with E-state index < -0.39 is 5.78 Å². The summed E-state index contributed by atoms with van der Waals surface area (Å²) in [7, 11) is 3.02. The second-order valence-corrected chi connectivity index (χ2v) is 5.33. The van der Waals surface area contributed by atoms with Gasteiger partial charge in [-0.15, -0.1) is 0 Å². The molecule has 0 radical (unpaired) electrons. The van der Waals surface area contributed by atoms with Crippen LogP contribution in [-0.4, -0.2) is 37.3 Å². The number of rotatable bonds is 9. The number of carbonyl (C=O) groups is 2. The Kier molecular flexibility index (Phi) is 7.15.